The zero-order chi connectivity index (χ0) is 8.72. The molecule has 0 saturated carbocycles. The molecular weight excluding hydrogens is 167 g/mol. The fraction of sp³-hybridized carbons (Fsp3) is 0.222. The first-order valence-corrected chi connectivity index (χ1v) is 4.45. The van der Waals surface area contributed by atoms with Crippen molar-refractivity contribution in [3.05, 3.63) is 23.9 Å². The van der Waals surface area contributed by atoms with Gasteiger partial charge in [-0.05, 0) is 18.3 Å². The molecule has 0 saturated heterocycles. The summed E-state index contributed by atoms with van der Waals surface area (Å²) in [5.41, 5.74) is 2.29. The lowest BCUT2D eigenvalue weighted by molar-refractivity contribution is 0.783. The Morgan fingerprint density at radius 1 is 1.42 bits per heavy atom. The van der Waals surface area contributed by atoms with E-state index >= 15 is 0 Å². The van der Waals surface area contributed by atoms with E-state index in [4.69, 9.17) is 0 Å². The van der Waals surface area contributed by atoms with Crippen molar-refractivity contribution in [1.29, 1.82) is 0 Å². The van der Waals surface area contributed by atoms with E-state index < -0.39 is 0 Å². The van der Waals surface area contributed by atoms with Crippen molar-refractivity contribution in [3.8, 4) is 0 Å². The summed E-state index contributed by atoms with van der Waals surface area (Å²) < 4.78 is 1.91. The molecule has 0 bridgehead atoms. The van der Waals surface area contributed by atoms with Crippen molar-refractivity contribution in [2.75, 3.05) is 0 Å². The molecule has 1 aromatic carbocycles. The second-order valence-corrected chi connectivity index (χ2v) is 3.65. The first-order chi connectivity index (χ1) is 5.68. The molecule has 1 aromatic heterocycles. The van der Waals surface area contributed by atoms with E-state index in [1.807, 2.05) is 18.7 Å². The molecule has 0 aliphatic carbocycles. The third-order valence-electron chi connectivity index (χ3n) is 2.06. The van der Waals surface area contributed by atoms with Gasteiger partial charge in [0.05, 0.1) is 11.2 Å². The van der Waals surface area contributed by atoms with Crippen LogP contribution in [0.25, 0.3) is 10.9 Å². The average Bonchev–Trinajstić information content (AvgIpc) is 2.28. The van der Waals surface area contributed by atoms with Crippen molar-refractivity contribution in [2.45, 2.75) is 6.92 Å². The summed E-state index contributed by atoms with van der Waals surface area (Å²) in [6.45, 7) is 2.03. The van der Waals surface area contributed by atoms with Gasteiger partial charge in [0.15, 0.2) is 0 Å². The molecule has 0 spiro atoms. The van der Waals surface area contributed by atoms with Gasteiger partial charge >= 0.3 is 0 Å². The highest BCUT2D eigenvalue weighted by Crippen LogP contribution is 2.15. The molecule has 1 atom stereocenters. The van der Waals surface area contributed by atoms with E-state index in [-0.39, 0.29) is 0 Å². The average molecular weight is 178 g/mol. The monoisotopic (exact) mass is 178 g/mol. The van der Waals surface area contributed by atoms with E-state index in [0.29, 0.717) is 0 Å². The normalized spacial score (nSPS) is 10.9. The van der Waals surface area contributed by atoms with Gasteiger partial charge < -0.3 is 0 Å². The third-order valence-corrected chi connectivity index (χ3v) is 2.42. The molecule has 0 amide bonds. The third kappa shape index (κ3) is 1.03. The molecule has 1 unspecified atom stereocenters. The fourth-order valence-corrected chi connectivity index (χ4v) is 1.71. The number of hydrogen-bond acceptors (Lipinski definition) is 1. The van der Waals surface area contributed by atoms with Crippen molar-refractivity contribution in [3.63, 3.8) is 0 Å². The standard InChI is InChI=1S/C9H11N2P/c1-6-8-4-3-7(12)5-9(8)11(2)10-6/h3-5H,12H2,1-2H3. The molecule has 0 radical (unpaired) electrons. The van der Waals surface area contributed by atoms with E-state index in [2.05, 4.69) is 32.5 Å². The van der Waals surface area contributed by atoms with Gasteiger partial charge in [-0.25, -0.2) is 0 Å². The first-order valence-electron chi connectivity index (χ1n) is 3.87. The van der Waals surface area contributed by atoms with Crippen molar-refractivity contribution < 1.29 is 0 Å². The molecule has 2 aromatic rings. The summed E-state index contributed by atoms with van der Waals surface area (Å²) in [6.07, 6.45) is 0. The zero-order valence-electron chi connectivity index (χ0n) is 7.20. The van der Waals surface area contributed by atoms with Crippen LogP contribution in [0.3, 0.4) is 0 Å². The molecule has 3 heteroatoms. The lowest BCUT2D eigenvalue weighted by atomic mass is 10.2. The Labute approximate surface area is 73.8 Å². The second kappa shape index (κ2) is 2.56. The highest BCUT2D eigenvalue weighted by atomic mass is 31.0. The topological polar surface area (TPSA) is 17.8 Å². The van der Waals surface area contributed by atoms with Crippen LogP contribution in [0.5, 0.6) is 0 Å². The fourth-order valence-electron chi connectivity index (χ4n) is 1.46. The van der Waals surface area contributed by atoms with Crippen LogP contribution >= 0.6 is 9.24 Å². The van der Waals surface area contributed by atoms with Crippen LogP contribution in [0.2, 0.25) is 0 Å². The Balaban J connectivity index is 2.90. The van der Waals surface area contributed by atoms with Crippen LogP contribution in [-0.4, -0.2) is 9.78 Å². The number of benzene rings is 1. The Morgan fingerprint density at radius 3 is 2.92 bits per heavy atom. The zero-order valence-corrected chi connectivity index (χ0v) is 8.36. The number of nitrogens with zero attached hydrogens (tertiary/aromatic N) is 2. The van der Waals surface area contributed by atoms with Gasteiger partial charge in [0.2, 0.25) is 0 Å². The van der Waals surface area contributed by atoms with Crippen molar-refractivity contribution in [2.24, 2.45) is 7.05 Å². The maximum Gasteiger partial charge on any atom is 0.0688 e. The highest BCUT2D eigenvalue weighted by molar-refractivity contribution is 7.27. The summed E-state index contributed by atoms with van der Waals surface area (Å²) in [5.74, 6) is 0. The second-order valence-electron chi connectivity index (χ2n) is 2.99. The molecule has 62 valence electrons. The van der Waals surface area contributed by atoms with Gasteiger partial charge in [0, 0.05) is 12.4 Å². The molecular formula is C9H11N2P. The van der Waals surface area contributed by atoms with E-state index in [1.54, 1.807) is 0 Å². The maximum absolute atomic E-state index is 4.34. The van der Waals surface area contributed by atoms with Crippen LogP contribution in [0.1, 0.15) is 5.69 Å². The number of aryl methyl sites for hydroxylation is 2. The Kier molecular flexibility index (Phi) is 1.66. The summed E-state index contributed by atoms with van der Waals surface area (Å²) in [4.78, 5) is 0. The van der Waals surface area contributed by atoms with Gasteiger partial charge in [-0.3, -0.25) is 4.68 Å². The summed E-state index contributed by atoms with van der Waals surface area (Å²) in [7, 11) is 4.66. The van der Waals surface area contributed by atoms with E-state index in [9.17, 15) is 0 Å². The van der Waals surface area contributed by atoms with Gasteiger partial charge in [-0.2, -0.15) is 5.10 Å². The number of hydrogen-bond donors (Lipinski definition) is 0. The maximum atomic E-state index is 4.34. The summed E-state index contributed by atoms with van der Waals surface area (Å²) in [6, 6.07) is 6.32. The number of fused-ring (bicyclic) bond motifs is 1. The molecule has 0 N–H and O–H groups in total. The minimum absolute atomic E-state index is 1.09. The molecule has 0 aliphatic rings. The Hall–Kier alpha value is -0.880. The van der Waals surface area contributed by atoms with Crippen molar-refractivity contribution in [1.82, 2.24) is 9.78 Å². The molecule has 12 heavy (non-hydrogen) atoms. The van der Waals surface area contributed by atoms with Crippen molar-refractivity contribution >= 4 is 25.4 Å². The first kappa shape index (κ1) is 7.75. The molecule has 2 rings (SSSR count). The SMILES string of the molecule is Cc1nn(C)c2cc(P)ccc12. The summed E-state index contributed by atoms with van der Waals surface area (Å²) in [5, 5.41) is 6.78. The lowest BCUT2D eigenvalue weighted by Gasteiger charge is -1.94. The van der Waals surface area contributed by atoms with E-state index in [1.165, 1.54) is 16.2 Å². The lowest BCUT2D eigenvalue weighted by Crippen LogP contribution is -1.93. The highest BCUT2D eigenvalue weighted by Gasteiger charge is 2.02. The van der Waals surface area contributed by atoms with Gasteiger partial charge in [0.25, 0.3) is 0 Å². The quantitative estimate of drug-likeness (QED) is 0.557. The number of aromatic nitrogens is 2. The summed E-state index contributed by atoms with van der Waals surface area (Å²) >= 11 is 0. The molecule has 0 aliphatic heterocycles. The van der Waals surface area contributed by atoms with Crippen LogP contribution < -0.4 is 5.30 Å². The van der Waals surface area contributed by atoms with Crippen LogP contribution in [0, 0.1) is 6.92 Å². The van der Waals surface area contributed by atoms with Gasteiger partial charge in [-0.1, -0.05) is 12.1 Å². The number of rotatable bonds is 0. The van der Waals surface area contributed by atoms with Crippen LogP contribution in [0.4, 0.5) is 0 Å². The smallest absolute Gasteiger partial charge is 0.0688 e. The van der Waals surface area contributed by atoms with E-state index in [0.717, 1.165) is 5.69 Å². The van der Waals surface area contributed by atoms with Gasteiger partial charge in [-0.15, -0.1) is 9.24 Å². The Bertz CT molecular complexity index is 431. The predicted octanol–water partition coefficient (Wildman–Crippen LogP) is 1.38. The molecule has 2 nitrogen and oxygen atoms in total. The molecule has 1 heterocycles. The Morgan fingerprint density at radius 2 is 2.17 bits per heavy atom. The largest absolute Gasteiger partial charge is 0.268 e. The minimum atomic E-state index is 1.09. The predicted molar refractivity (Wildman–Crippen MR) is 54.8 cm³/mol. The van der Waals surface area contributed by atoms with Crippen LogP contribution in [-0.2, 0) is 7.05 Å². The minimum Gasteiger partial charge on any atom is -0.268 e. The van der Waals surface area contributed by atoms with Gasteiger partial charge in [0.1, 0.15) is 0 Å². The van der Waals surface area contributed by atoms with Crippen LogP contribution in [0.15, 0.2) is 18.2 Å². The molecule has 0 fully saturated rings.